The molecule has 0 saturated carbocycles. The van der Waals surface area contributed by atoms with Gasteiger partial charge in [0.1, 0.15) is 30.5 Å². The molecule has 0 bridgehead atoms. The van der Waals surface area contributed by atoms with E-state index in [4.69, 9.17) is 14.2 Å². The van der Waals surface area contributed by atoms with E-state index in [0.717, 1.165) is 28.5 Å². The molecule has 3 rings (SSSR count). The van der Waals surface area contributed by atoms with E-state index in [0.29, 0.717) is 26.4 Å². The van der Waals surface area contributed by atoms with Crippen molar-refractivity contribution in [3.63, 3.8) is 0 Å². The summed E-state index contributed by atoms with van der Waals surface area (Å²) in [5, 5.41) is 3.42. The Bertz CT molecular complexity index is 821. The predicted molar refractivity (Wildman–Crippen MR) is 109 cm³/mol. The Morgan fingerprint density at radius 3 is 2.11 bits per heavy atom. The molecular formula is C23H25NO3. The number of rotatable bonds is 10. The summed E-state index contributed by atoms with van der Waals surface area (Å²) >= 11 is 0. The smallest absolute Gasteiger partial charge is 0.122 e. The molecule has 0 aliphatic carbocycles. The quantitative estimate of drug-likeness (QED) is 0.505. The minimum atomic E-state index is 0.502. The second kappa shape index (κ2) is 10.1. The summed E-state index contributed by atoms with van der Waals surface area (Å²) in [6.45, 7) is 4.37. The Labute approximate surface area is 160 Å². The molecule has 1 N–H and O–H groups in total. The fraction of sp³-hybridized carbons (Fsp3) is 0.217. The molecule has 0 aliphatic heterocycles. The van der Waals surface area contributed by atoms with Crippen LogP contribution in [0.2, 0.25) is 0 Å². The predicted octanol–water partition coefficient (Wildman–Crippen LogP) is 5.16. The van der Waals surface area contributed by atoms with Gasteiger partial charge < -0.3 is 19.5 Å². The summed E-state index contributed by atoms with van der Waals surface area (Å²) in [5.74, 6) is 2.57. The van der Waals surface area contributed by atoms with Crippen LogP contribution >= 0.6 is 0 Å². The van der Waals surface area contributed by atoms with Gasteiger partial charge in [-0.3, -0.25) is 0 Å². The van der Waals surface area contributed by atoms with Crippen LogP contribution in [0, 0.1) is 0 Å². The SMILES string of the molecule is CCOc1cccc(NCc2cccc(OCCOc3ccccc3)c2)c1. The molecule has 3 aromatic carbocycles. The van der Waals surface area contributed by atoms with Crippen LogP contribution in [0.15, 0.2) is 78.9 Å². The molecule has 3 aromatic rings. The van der Waals surface area contributed by atoms with Crippen molar-refractivity contribution in [1.29, 1.82) is 0 Å². The lowest BCUT2D eigenvalue weighted by Gasteiger charge is -2.11. The van der Waals surface area contributed by atoms with Crippen LogP contribution in [-0.2, 0) is 6.54 Å². The zero-order valence-corrected chi connectivity index (χ0v) is 15.6. The molecule has 140 valence electrons. The first-order valence-electron chi connectivity index (χ1n) is 9.20. The van der Waals surface area contributed by atoms with Crippen molar-refractivity contribution in [2.24, 2.45) is 0 Å². The minimum Gasteiger partial charge on any atom is -0.494 e. The fourth-order valence-corrected chi connectivity index (χ4v) is 2.65. The van der Waals surface area contributed by atoms with Crippen LogP contribution in [0.4, 0.5) is 5.69 Å². The van der Waals surface area contributed by atoms with Gasteiger partial charge in [-0.2, -0.15) is 0 Å². The first-order chi connectivity index (χ1) is 13.3. The Balaban J connectivity index is 1.46. The molecule has 0 unspecified atom stereocenters. The number of ether oxygens (including phenoxy) is 3. The number of para-hydroxylation sites is 1. The first-order valence-corrected chi connectivity index (χ1v) is 9.20. The van der Waals surface area contributed by atoms with Gasteiger partial charge in [-0.15, -0.1) is 0 Å². The van der Waals surface area contributed by atoms with Crippen LogP contribution < -0.4 is 19.5 Å². The van der Waals surface area contributed by atoms with Crippen LogP contribution in [0.1, 0.15) is 12.5 Å². The van der Waals surface area contributed by atoms with E-state index in [-0.39, 0.29) is 0 Å². The monoisotopic (exact) mass is 363 g/mol. The third-order valence-corrected chi connectivity index (χ3v) is 3.90. The molecule has 0 radical (unpaired) electrons. The first kappa shape index (κ1) is 18.6. The van der Waals surface area contributed by atoms with Gasteiger partial charge in [0.15, 0.2) is 0 Å². The Morgan fingerprint density at radius 2 is 1.33 bits per heavy atom. The van der Waals surface area contributed by atoms with Gasteiger partial charge in [0.2, 0.25) is 0 Å². The second-order valence-corrected chi connectivity index (χ2v) is 5.97. The number of hydrogen-bond acceptors (Lipinski definition) is 4. The van der Waals surface area contributed by atoms with Gasteiger partial charge in [0, 0.05) is 18.3 Å². The van der Waals surface area contributed by atoms with Crippen LogP contribution in [0.25, 0.3) is 0 Å². The van der Waals surface area contributed by atoms with Crippen molar-refractivity contribution in [3.8, 4) is 17.2 Å². The van der Waals surface area contributed by atoms with E-state index in [1.165, 1.54) is 0 Å². The van der Waals surface area contributed by atoms with E-state index in [9.17, 15) is 0 Å². The zero-order valence-electron chi connectivity index (χ0n) is 15.6. The highest BCUT2D eigenvalue weighted by Crippen LogP contribution is 2.19. The van der Waals surface area contributed by atoms with Crippen molar-refractivity contribution in [3.05, 3.63) is 84.4 Å². The van der Waals surface area contributed by atoms with E-state index >= 15 is 0 Å². The summed E-state index contributed by atoms with van der Waals surface area (Å²) < 4.78 is 17.0. The number of hydrogen-bond donors (Lipinski definition) is 1. The van der Waals surface area contributed by atoms with Gasteiger partial charge in [-0.25, -0.2) is 0 Å². The summed E-state index contributed by atoms with van der Waals surface area (Å²) in [5.41, 5.74) is 2.18. The van der Waals surface area contributed by atoms with E-state index in [1.807, 2.05) is 79.7 Å². The molecule has 0 fully saturated rings. The van der Waals surface area contributed by atoms with Gasteiger partial charge in [-0.1, -0.05) is 36.4 Å². The van der Waals surface area contributed by atoms with Crippen molar-refractivity contribution in [1.82, 2.24) is 0 Å². The lowest BCUT2D eigenvalue weighted by Crippen LogP contribution is -2.09. The third kappa shape index (κ3) is 6.26. The molecule has 0 spiro atoms. The average molecular weight is 363 g/mol. The van der Waals surface area contributed by atoms with Gasteiger partial charge in [0.05, 0.1) is 6.61 Å². The molecule has 4 nitrogen and oxygen atoms in total. The van der Waals surface area contributed by atoms with Crippen LogP contribution in [0.5, 0.6) is 17.2 Å². The van der Waals surface area contributed by atoms with Gasteiger partial charge in [0.25, 0.3) is 0 Å². The molecule has 0 atom stereocenters. The summed E-state index contributed by atoms with van der Waals surface area (Å²) in [6.07, 6.45) is 0. The molecular weight excluding hydrogens is 338 g/mol. The highest BCUT2D eigenvalue weighted by atomic mass is 16.5. The third-order valence-electron chi connectivity index (χ3n) is 3.90. The maximum absolute atomic E-state index is 5.80. The van der Waals surface area contributed by atoms with Gasteiger partial charge >= 0.3 is 0 Å². The molecule has 0 saturated heterocycles. The zero-order chi connectivity index (χ0) is 18.7. The largest absolute Gasteiger partial charge is 0.494 e. The van der Waals surface area contributed by atoms with Crippen molar-refractivity contribution in [2.45, 2.75) is 13.5 Å². The Kier molecular flexibility index (Phi) is 6.99. The number of anilines is 1. The summed E-state index contributed by atoms with van der Waals surface area (Å²) in [7, 11) is 0. The summed E-state index contributed by atoms with van der Waals surface area (Å²) in [4.78, 5) is 0. The maximum atomic E-state index is 5.80. The molecule has 27 heavy (non-hydrogen) atoms. The van der Waals surface area contributed by atoms with Crippen LogP contribution in [-0.4, -0.2) is 19.8 Å². The van der Waals surface area contributed by atoms with Crippen molar-refractivity contribution < 1.29 is 14.2 Å². The average Bonchev–Trinajstić information content (AvgIpc) is 2.71. The Morgan fingerprint density at radius 1 is 0.667 bits per heavy atom. The fourth-order valence-electron chi connectivity index (χ4n) is 2.65. The summed E-state index contributed by atoms with van der Waals surface area (Å²) in [6, 6.07) is 25.8. The lowest BCUT2D eigenvalue weighted by atomic mass is 10.2. The molecule has 4 heteroatoms. The molecule has 0 amide bonds. The number of benzene rings is 3. The maximum Gasteiger partial charge on any atom is 0.122 e. The minimum absolute atomic E-state index is 0.502. The van der Waals surface area contributed by atoms with Gasteiger partial charge in [-0.05, 0) is 48.9 Å². The second-order valence-electron chi connectivity index (χ2n) is 5.97. The van der Waals surface area contributed by atoms with E-state index in [2.05, 4.69) is 11.4 Å². The molecule has 0 aromatic heterocycles. The number of nitrogens with one attached hydrogen (secondary N) is 1. The standard InChI is InChI=1S/C23H25NO3/c1-2-25-23-13-7-9-20(17-23)24-18-19-8-6-12-22(16-19)27-15-14-26-21-10-4-3-5-11-21/h3-13,16-17,24H,2,14-15,18H2,1H3. The normalized spacial score (nSPS) is 10.3. The Hall–Kier alpha value is -3.14. The van der Waals surface area contributed by atoms with E-state index in [1.54, 1.807) is 0 Å². The highest BCUT2D eigenvalue weighted by molar-refractivity contribution is 5.48. The molecule has 0 aliphatic rings. The highest BCUT2D eigenvalue weighted by Gasteiger charge is 2.00. The molecule has 0 heterocycles. The van der Waals surface area contributed by atoms with E-state index < -0.39 is 0 Å². The lowest BCUT2D eigenvalue weighted by molar-refractivity contribution is 0.217. The van der Waals surface area contributed by atoms with Crippen LogP contribution in [0.3, 0.4) is 0 Å². The van der Waals surface area contributed by atoms with Crippen molar-refractivity contribution in [2.75, 3.05) is 25.1 Å². The van der Waals surface area contributed by atoms with Crippen molar-refractivity contribution >= 4 is 5.69 Å². The topological polar surface area (TPSA) is 39.7 Å².